The van der Waals surface area contributed by atoms with E-state index in [2.05, 4.69) is 12.1 Å². The van der Waals surface area contributed by atoms with Gasteiger partial charge in [0.05, 0.1) is 5.75 Å². The summed E-state index contributed by atoms with van der Waals surface area (Å²) in [6.07, 6.45) is 0. The molecule has 0 N–H and O–H groups in total. The Bertz CT molecular complexity index is 916. The van der Waals surface area contributed by atoms with Crippen molar-refractivity contribution >= 4 is 40.1 Å². The second-order valence-corrected chi connectivity index (χ2v) is 7.40. The number of fused-ring (bicyclic) bond motifs is 1. The second kappa shape index (κ2) is 7.94. The topological polar surface area (TPSA) is 26.3 Å². The van der Waals surface area contributed by atoms with E-state index in [1.165, 1.54) is 11.8 Å². The zero-order valence-corrected chi connectivity index (χ0v) is 15.8. The summed E-state index contributed by atoms with van der Waals surface area (Å²) in [7, 11) is 0. The first kappa shape index (κ1) is 17.8. The highest BCUT2D eigenvalue weighted by Crippen LogP contribution is 2.33. The number of hydrogen-bond acceptors (Lipinski definition) is 3. The predicted octanol–water partition coefficient (Wildman–Crippen LogP) is 5.95. The van der Waals surface area contributed by atoms with Crippen molar-refractivity contribution in [2.45, 2.75) is 25.3 Å². The van der Waals surface area contributed by atoms with Crippen LogP contribution in [0.3, 0.4) is 0 Å². The van der Waals surface area contributed by atoms with Gasteiger partial charge in [0.15, 0.2) is 0 Å². The van der Waals surface area contributed by atoms with Crippen molar-refractivity contribution in [1.82, 2.24) is 0 Å². The third kappa shape index (κ3) is 4.36. The van der Waals surface area contributed by atoms with E-state index in [1.54, 1.807) is 0 Å². The average Bonchev–Trinajstić information content (AvgIpc) is 2.61. The summed E-state index contributed by atoms with van der Waals surface area (Å²) in [6.45, 7) is 4.36. The number of carbonyl (C=O) groups excluding carboxylic acids is 1. The van der Waals surface area contributed by atoms with Crippen molar-refractivity contribution < 1.29 is 9.53 Å². The Kier molecular flexibility index (Phi) is 5.67. The molecule has 0 amide bonds. The van der Waals surface area contributed by atoms with Gasteiger partial charge in [-0.25, -0.2) is 0 Å². The van der Waals surface area contributed by atoms with Crippen LogP contribution in [0.1, 0.15) is 16.7 Å². The van der Waals surface area contributed by atoms with Crippen molar-refractivity contribution in [3.8, 4) is 0 Å². The zero-order valence-electron chi connectivity index (χ0n) is 14.2. The molecule has 0 radical (unpaired) electrons. The van der Waals surface area contributed by atoms with Gasteiger partial charge in [-0.2, -0.15) is 0 Å². The van der Waals surface area contributed by atoms with Crippen LogP contribution in [-0.4, -0.2) is 11.7 Å². The van der Waals surface area contributed by atoms with Crippen molar-refractivity contribution in [3.63, 3.8) is 0 Å². The smallest absolute Gasteiger partial charge is 0.316 e. The van der Waals surface area contributed by atoms with Crippen molar-refractivity contribution in [1.29, 1.82) is 0 Å². The summed E-state index contributed by atoms with van der Waals surface area (Å²) in [5.41, 5.74) is 3.34. The van der Waals surface area contributed by atoms with Crippen LogP contribution in [0.5, 0.6) is 0 Å². The molecule has 0 atom stereocenters. The van der Waals surface area contributed by atoms with Gasteiger partial charge in [-0.05, 0) is 42.5 Å². The van der Waals surface area contributed by atoms with Crippen LogP contribution in [0.2, 0.25) is 5.02 Å². The Balaban J connectivity index is 1.64. The number of benzene rings is 3. The van der Waals surface area contributed by atoms with E-state index in [0.29, 0.717) is 11.6 Å². The van der Waals surface area contributed by atoms with Crippen molar-refractivity contribution in [3.05, 3.63) is 76.3 Å². The highest BCUT2D eigenvalue weighted by molar-refractivity contribution is 8.00. The number of ether oxygens (including phenoxy) is 1. The molecule has 0 unspecified atom stereocenters. The molecule has 0 spiro atoms. The maximum Gasteiger partial charge on any atom is 0.316 e. The Morgan fingerprint density at radius 3 is 2.64 bits per heavy atom. The quantitative estimate of drug-likeness (QED) is 0.410. The maximum absolute atomic E-state index is 12.1. The minimum absolute atomic E-state index is 0.227. The molecular weight excluding hydrogens is 352 g/mol. The van der Waals surface area contributed by atoms with Gasteiger partial charge in [0.1, 0.15) is 6.61 Å². The van der Waals surface area contributed by atoms with Crippen LogP contribution >= 0.6 is 23.4 Å². The average molecular weight is 371 g/mol. The van der Waals surface area contributed by atoms with E-state index in [9.17, 15) is 4.79 Å². The number of aryl methyl sites for hydroxylation is 2. The Morgan fingerprint density at radius 2 is 1.84 bits per heavy atom. The molecule has 0 fully saturated rings. The van der Waals surface area contributed by atoms with Gasteiger partial charge in [-0.3, -0.25) is 4.79 Å². The molecule has 0 aromatic heterocycles. The number of halogens is 1. The van der Waals surface area contributed by atoms with Gasteiger partial charge in [0.25, 0.3) is 0 Å². The van der Waals surface area contributed by atoms with E-state index >= 15 is 0 Å². The fourth-order valence-corrected chi connectivity index (χ4v) is 3.92. The highest BCUT2D eigenvalue weighted by atomic mass is 35.5. The minimum atomic E-state index is -0.227. The molecule has 0 saturated heterocycles. The number of esters is 1. The van der Waals surface area contributed by atoms with Gasteiger partial charge in [-0.15, -0.1) is 11.8 Å². The van der Waals surface area contributed by atoms with Crippen LogP contribution in [0.25, 0.3) is 10.8 Å². The molecule has 4 heteroatoms. The monoisotopic (exact) mass is 370 g/mol. The molecule has 0 heterocycles. The first-order valence-electron chi connectivity index (χ1n) is 8.06. The molecule has 3 rings (SSSR count). The predicted molar refractivity (Wildman–Crippen MR) is 105 cm³/mol. The number of thioether (sulfide) groups is 1. The Morgan fingerprint density at radius 1 is 1.08 bits per heavy atom. The molecule has 25 heavy (non-hydrogen) atoms. The molecular formula is C21H19ClO2S. The van der Waals surface area contributed by atoms with E-state index in [4.69, 9.17) is 16.3 Å². The van der Waals surface area contributed by atoms with Gasteiger partial charge in [0.2, 0.25) is 0 Å². The first-order valence-corrected chi connectivity index (χ1v) is 9.43. The van der Waals surface area contributed by atoms with Crippen LogP contribution in [0, 0.1) is 13.8 Å². The van der Waals surface area contributed by atoms with Gasteiger partial charge >= 0.3 is 5.97 Å². The molecule has 3 aromatic carbocycles. The minimum Gasteiger partial charge on any atom is -0.460 e. The zero-order chi connectivity index (χ0) is 17.8. The van der Waals surface area contributed by atoms with Crippen molar-refractivity contribution in [2.75, 3.05) is 5.75 Å². The number of carbonyl (C=O) groups is 1. The van der Waals surface area contributed by atoms with Crippen LogP contribution < -0.4 is 0 Å². The highest BCUT2D eigenvalue weighted by Gasteiger charge is 2.10. The van der Waals surface area contributed by atoms with Crippen LogP contribution in [-0.2, 0) is 16.1 Å². The largest absolute Gasteiger partial charge is 0.460 e. The summed E-state index contributed by atoms with van der Waals surface area (Å²) >= 11 is 7.78. The number of hydrogen-bond donors (Lipinski definition) is 0. The van der Waals surface area contributed by atoms with Crippen LogP contribution in [0.15, 0.2) is 59.5 Å². The Hall–Kier alpha value is -1.97. The lowest BCUT2D eigenvalue weighted by Gasteiger charge is -2.10. The third-order valence-corrected chi connectivity index (χ3v) is 5.40. The molecule has 0 bridgehead atoms. The van der Waals surface area contributed by atoms with E-state index < -0.39 is 0 Å². The van der Waals surface area contributed by atoms with E-state index in [-0.39, 0.29) is 11.7 Å². The maximum atomic E-state index is 12.1. The third-order valence-electron chi connectivity index (χ3n) is 4.05. The standard InChI is InChI=1S/C21H19ClO2S/c1-14-9-10-15(2)17(11-14)12-24-20(23)13-25-19-8-4-6-16-5-3-7-18(22)21(16)19/h3-11H,12-13H2,1-2H3. The van der Waals surface area contributed by atoms with E-state index in [0.717, 1.165) is 32.4 Å². The van der Waals surface area contributed by atoms with Crippen LogP contribution in [0.4, 0.5) is 0 Å². The summed E-state index contributed by atoms with van der Waals surface area (Å²) in [6, 6.07) is 17.9. The lowest BCUT2D eigenvalue weighted by molar-refractivity contribution is -0.141. The molecule has 0 aliphatic rings. The molecule has 0 aliphatic heterocycles. The summed E-state index contributed by atoms with van der Waals surface area (Å²) in [4.78, 5) is 13.1. The van der Waals surface area contributed by atoms with Crippen molar-refractivity contribution in [2.24, 2.45) is 0 Å². The summed E-state index contributed by atoms with van der Waals surface area (Å²) in [5.74, 6) is 0.0322. The molecule has 128 valence electrons. The summed E-state index contributed by atoms with van der Waals surface area (Å²) < 4.78 is 5.44. The lowest BCUT2D eigenvalue weighted by Crippen LogP contribution is -2.08. The second-order valence-electron chi connectivity index (χ2n) is 5.97. The SMILES string of the molecule is Cc1ccc(C)c(COC(=O)CSc2cccc3cccc(Cl)c23)c1. The fourth-order valence-electron chi connectivity index (χ4n) is 2.67. The molecule has 3 aromatic rings. The summed E-state index contributed by atoms with van der Waals surface area (Å²) in [5, 5.41) is 2.75. The van der Waals surface area contributed by atoms with Gasteiger partial charge < -0.3 is 4.74 Å². The van der Waals surface area contributed by atoms with Gasteiger partial charge in [0, 0.05) is 15.3 Å². The fraction of sp³-hybridized carbons (Fsp3) is 0.190. The molecule has 2 nitrogen and oxygen atoms in total. The Labute approximate surface area is 157 Å². The van der Waals surface area contributed by atoms with E-state index in [1.807, 2.05) is 56.3 Å². The lowest BCUT2D eigenvalue weighted by atomic mass is 10.1. The molecule has 0 saturated carbocycles. The first-order chi connectivity index (χ1) is 12.0. The normalized spacial score (nSPS) is 10.8. The number of rotatable bonds is 5. The van der Waals surface area contributed by atoms with Gasteiger partial charge in [-0.1, -0.05) is 59.6 Å². The molecule has 0 aliphatic carbocycles.